The summed E-state index contributed by atoms with van der Waals surface area (Å²) in [4.78, 5) is 11.9. The minimum atomic E-state index is -0.411. The van der Waals surface area contributed by atoms with Crippen molar-refractivity contribution in [2.24, 2.45) is 0 Å². The van der Waals surface area contributed by atoms with E-state index in [1.54, 1.807) is 24.3 Å². The van der Waals surface area contributed by atoms with Crippen molar-refractivity contribution in [2.75, 3.05) is 10.6 Å². The highest BCUT2D eigenvalue weighted by atomic mass is 35.5. The number of nitrogens with one attached hydrogen (secondary N) is 2. The van der Waals surface area contributed by atoms with Crippen molar-refractivity contribution >= 4 is 29.0 Å². The third-order valence-electron chi connectivity index (χ3n) is 3.53. The molecular weight excluding hydrogens is 355 g/mol. The van der Waals surface area contributed by atoms with Gasteiger partial charge in [0.25, 0.3) is 0 Å². The van der Waals surface area contributed by atoms with E-state index < -0.39 is 6.03 Å². The summed E-state index contributed by atoms with van der Waals surface area (Å²) in [5.41, 5.74) is 2.13. The van der Waals surface area contributed by atoms with Crippen molar-refractivity contribution < 1.29 is 13.9 Å². The molecule has 0 radical (unpaired) electrons. The van der Waals surface area contributed by atoms with Crippen LogP contribution in [0, 0.1) is 5.82 Å². The molecule has 3 aromatic carbocycles. The Labute approximate surface area is 155 Å². The van der Waals surface area contributed by atoms with Crippen molar-refractivity contribution in [3.05, 3.63) is 89.2 Å². The van der Waals surface area contributed by atoms with Crippen LogP contribution in [0.4, 0.5) is 20.6 Å². The summed E-state index contributed by atoms with van der Waals surface area (Å²) in [5.74, 6) is 0.328. The highest BCUT2D eigenvalue weighted by Gasteiger charge is 2.03. The van der Waals surface area contributed by atoms with Crippen molar-refractivity contribution in [3.63, 3.8) is 0 Å². The predicted octanol–water partition coefficient (Wildman–Crippen LogP) is 5.70. The van der Waals surface area contributed by atoms with Gasteiger partial charge in [0.05, 0.1) is 0 Å². The number of urea groups is 1. The second-order valence-electron chi connectivity index (χ2n) is 5.53. The molecule has 0 aliphatic rings. The van der Waals surface area contributed by atoms with Crippen molar-refractivity contribution in [1.29, 1.82) is 0 Å². The van der Waals surface area contributed by atoms with Crippen LogP contribution >= 0.6 is 11.6 Å². The number of hydrogen-bond donors (Lipinski definition) is 2. The first-order valence-corrected chi connectivity index (χ1v) is 8.27. The van der Waals surface area contributed by atoms with E-state index in [4.69, 9.17) is 16.3 Å². The maximum atomic E-state index is 12.9. The maximum absolute atomic E-state index is 12.9. The van der Waals surface area contributed by atoms with Gasteiger partial charge in [0.15, 0.2) is 0 Å². The number of halogens is 2. The molecule has 0 atom stereocenters. The van der Waals surface area contributed by atoms with Gasteiger partial charge in [0, 0.05) is 16.4 Å². The van der Waals surface area contributed by atoms with E-state index in [0.29, 0.717) is 28.8 Å². The fourth-order valence-electron chi connectivity index (χ4n) is 2.21. The highest BCUT2D eigenvalue weighted by molar-refractivity contribution is 6.30. The van der Waals surface area contributed by atoms with Crippen LogP contribution in [-0.4, -0.2) is 6.03 Å². The summed E-state index contributed by atoms with van der Waals surface area (Å²) in [7, 11) is 0. The Balaban J connectivity index is 1.51. The van der Waals surface area contributed by atoms with E-state index in [-0.39, 0.29) is 5.82 Å². The van der Waals surface area contributed by atoms with E-state index in [2.05, 4.69) is 10.6 Å². The lowest BCUT2D eigenvalue weighted by atomic mass is 10.2. The molecule has 0 aliphatic heterocycles. The molecule has 3 rings (SSSR count). The average molecular weight is 371 g/mol. The lowest BCUT2D eigenvalue weighted by molar-refractivity contribution is 0.262. The molecule has 0 saturated heterocycles. The number of anilines is 2. The number of carbonyl (C=O) groups excluding carboxylic acids is 1. The zero-order chi connectivity index (χ0) is 18.4. The van der Waals surface area contributed by atoms with Crippen LogP contribution in [0.15, 0.2) is 72.8 Å². The van der Waals surface area contributed by atoms with E-state index in [1.807, 2.05) is 24.3 Å². The van der Waals surface area contributed by atoms with Crippen LogP contribution in [0.25, 0.3) is 0 Å². The Hall–Kier alpha value is -3.05. The number of hydrogen-bond acceptors (Lipinski definition) is 2. The molecule has 6 heteroatoms. The lowest BCUT2D eigenvalue weighted by Crippen LogP contribution is -2.19. The predicted molar refractivity (Wildman–Crippen MR) is 101 cm³/mol. The first-order chi connectivity index (χ1) is 12.6. The summed E-state index contributed by atoms with van der Waals surface area (Å²) in [6.45, 7) is 0.426. The zero-order valence-corrected chi connectivity index (χ0v) is 14.5. The molecule has 0 fully saturated rings. The second-order valence-corrected chi connectivity index (χ2v) is 5.96. The van der Waals surface area contributed by atoms with Gasteiger partial charge in [-0.05, 0) is 66.2 Å². The molecule has 0 unspecified atom stereocenters. The van der Waals surface area contributed by atoms with Crippen LogP contribution in [-0.2, 0) is 6.61 Å². The van der Waals surface area contributed by atoms with E-state index in [9.17, 15) is 9.18 Å². The molecule has 0 aromatic heterocycles. The number of rotatable bonds is 5. The van der Waals surface area contributed by atoms with E-state index >= 15 is 0 Å². The van der Waals surface area contributed by atoms with Gasteiger partial charge >= 0.3 is 6.03 Å². The largest absolute Gasteiger partial charge is 0.489 e. The van der Waals surface area contributed by atoms with Crippen LogP contribution in [0.1, 0.15) is 5.56 Å². The monoisotopic (exact) mass is 370 g/mol. The Morgan fingerprint density at radius 1 is 0.846 bits per heavy atom. The van der Waals surface area contributed by atoms with Gasteiger partial charge in [-0.2, -0.15) is 0 Å². The summed E-state index contributed by atoms with van der Waals surface area (Å²) in [6, 6.07) is 19.6. The first-order valence-electron chi connectivity index (χ1n) is 7.89. The number of benzene rings is 3. The number of amides is 2. The molecule has 0 heterocycles. The molecule has 0 aliphatic carbocycles. The SMILES string of the molecule is O=C(Nc1ccc(F)cc1)Nc1ccc(OCc2ccc(Cl)cc2)cc1. The molecule has 2 N–H and O–H groups in total. The molecule has 3 aromatic rings. The third-order valence-corrected chi connectivity index (χ3v) is 3.79. The van der Waals surface area contributed by atoms with E-state index in [0.717, 1.165) is 5.56 Å². The Kier molecular flexibility index (Phi) is 5.71. The second kappa shape index (κ2) is 8.36. The van der Waals surface area contributed by atoms with Gasteiger partial charge < -0.3 is 15.4 Å². The standard InChI is InChI=1S/C20H16ClFN2O2/c21-15-3-1-14(2-4-15)13-26-19-11-9-18(10-12-19)24-20(25)23-17-7-5-16(22)6-8-17/h1-12H,13H2,(H2,23,24,25). The lowest BCUT2D eigenvalue weighted by Gasteiger charge is -2.09. The smallest absolute Gasteiger partial charge is 0.323 e. The van der Waals surface area contributed by atoms with Gasteiger partial charge in [-0.25, -0.2) is 9.18 Å². The third kappa shape index (κ3) is 5.22. The van der Waals surface area contributed by atoms with Crippen LogP contribution in [0.2, 0.25) is 5.02 Å². The Morgan fingerprint density at radius 2 is 1.38 bits per heavy atom. The maximum Gasteiger partial charge on any atom is 0.323 e. The minimum Gasteiger partial charge on any atom is -0.489 e. The van der Waals surface area contributed by atoms with Crippen molar-refractivity contribution in [1.82, 2.24) is 0 Å². The quantitative estimate of drug-likeness (QED) is 0.605. The van der Waals surface area contributed by atoms with Gasteiger partial charge in [0.1, 0.15) is 18.2 Å². The fourth-order valence-corrected chi connectivity index (χ4v) is 2.33. The number of carbonyl (C=O) groups is 1. The molecule has 0 spiro atoms. The molecule has 132 valence electrons. The normalized spacial score (nSPS) is 10.2. The van der Waals surface area contributed by atoms with Crippen molar-refractivity contribution in [3.8, 4) is 5.75 Å². The van der Waals surface area contributed by atoms with E-state index in [1.165, 1.54) is 24.3 Å². The molecular formula is C20H16ClFN2O2. The molecule has 26 heavy (non-hydrogen) atoms. The van der Waals surface area contributed by atoms with Gasteiger partial charge in [0.2, 0.25) is 0 Å². The summed E-state index contributed by atoms with van der Waals surface area (Å²) in [5, 5.41) is 6.01. The summed E-state index contributed by atoms with van der Waals surface area (Å²) < 4.78 is 18.5. The highest BCUT2D eigenvalue weighted by Crippen LogP contribution is 2.18. The molecule has 0 saturated carbocycles. The summed E-state index contributed by atoms with van der Waals surface area (Å²) in [6.07, 6.45) is 0. The van der Waals surface area contributed by atoms with Gasteiger partial charge in [-0.1, -0.05) is 23.7 Å². The minimum absolute atomic E-state index is 0.356. The van der Waals surface area contributed by atoms with Crippen molar-refractivity contribution in [2.45, 2.75) is 6.61 Å². The summed E-state index contributed by atoms with van der Waals surface area (Å²) >= 11 is 5.85. The average Bonchev–Trinajstić information content (AvgIpc) is 2.64. The Bertz CT molecular complexity index is 866. The molecule has 4 nitrogen and oxygen atoms in total. The van der Waals surface area contributed by atoms with Gasteiger partial charge in [-0.15, -0.1) is 0 Å². The van der Waals surface area contributed by atoms with Gasteiger partial charge in [-0.3, -0.25) is 0 Å². The zero-order valence-electron chi connectivity index (χ0n) is 13.7. The van der Waals surface area contributed by atoms with Crippen LogP contribution in [0.3, 0.4) is 0 Å². The first kappa shape index (κ1) is 17.8. The molecule has 2 amide bonds. The van der Waals surface area contributed by atoms with Crippen LogP contribution in [0.5, 0.6) is 5.75 Å². The fraction of sp³-hybridized carbons (Fsp3) is 0.0500. The molecule has 0 bridgehead atoms. The van der Waals surface area contributed by atoms with Crippen LogP contribution < -0.4 is 15.4 Å². The topological polar surface area (TPSA) is 50.4 Å². The number of ether oxygens (including phenoxy) is 1. The Morgan fingerprint density at radius 3 is 1.96 bits per heavy atom.